The van der Waals surface area contributed by atoms with E-state index < -0.39 is 0 Å². The van der Waals surface area contributed by atoms with Gasteiger partial charge in [0, 0.05) is 0 Å². The maximum atomic E-state index is 12.5. The van der Waals surface area contributed by atoms with Gasteiger partial charge in [-0.3, -0.25) is 9.59 Å². The molecule has 2 fully saturated rings. The monoisotopic (exact) mass is 255 g/mol. The van der Waals surface area contributed by atoms with Gasteiger partial charge >= 0.3 is 0 Å². The summed E-state index contributed by atoms with van der Waals surface area (Å²) in [5.41, 5.74) is 1.77. The highest BCUT2D eigenvalue weighted by atomic mass is 16.5. The second-order valence-corrected chi connectivity index (χ2v) is 5.35. The summed E-state index contributed by atoms with van der Waals surface area (Å²) in [6.45, 7) is 1.98. The molecular formula is C15H13NO3. The van der Waals surface area contributed by atoms with Crippen LogP contribution in [0.25, 0.3) is 0 Å². The minimum Gasteiger partial charge on any atom is -0.365 e. The molecule has 19 heavy (non-hydrogen) atoms. The van der Waals surface area contributed by atoms with E-state index in [-0.39, 0.29) is 35.9 Å². The van der Waals surface area contributed by atoms with E-state index in [1.807, 2.05) is 43.3 Å². The second kappa shape index (κ2) is 3.54. The van der Waals surface area contributed by atoms with Crippen molar-refractivity contribution >= 4 is 17.5 Å². The number of aryl methyl sites for hydroxylation is 1. The third kappa shape index (κ3) is 1.32. The van der Waals surface area contributed by atoms with Crippen LogP contribution in [0.15, 0.2) is 36.4 Å². The number of benzene rings is 1. The molecule has 0 unspecified atom stereocenters. The third-order valence-corrected chi connectivity index (χ3v) is 4.20. The predicted molar refractivity (Wildman–Crippen MR) is 68.5 cm³/mol. The Balaban J connectivity index is 1.74. The minimum absolute atomic E-state index is 0.129. The molecule has 4 atom stereocenters. The van der Waals surface area contributed by atoms with Crippen LogP contribution in [0.5, 0.6) is 0 Å². The number of imide groups is 1. The average molecular weight is 255 g/mol. The number of carbonyl (C=O) groups is 2. The van der Waals surface area contributed by atoms with Gasteiger partial charge in [0.05, 0.1) is 29.7 Å². The lowest BCUT2D eigenvalue weighted by atomic mass is 9.85. The molecule has 0 spiro atoms. The molecule has 2 bridgehead atoms. The van der Waals surface area contributed by atoms with Crippen LogP contribution in [0.2, 0.25) is 0 Å². The van der Waals surface area contributed by atoms with E-state index in [0.29, 0.717) is 5.69 Å². The van der Waals surface area contributed by atoms with Crippen molar-refractivity contribution in [1.29, 1.82) is 0 Å². The standard InChI is InChI=1S/C15H13NO3/c1-8-2-4-9(5-3-8)16-14(17)12-10-6-7-11(19-10)13(12)15(16)18/h2-7,10-13H,1H3/t10-,11-,12+,13+/m0/s1. The van der Waals surface area contributed by atoms with Crippen molar-refractivity contribution in [1.82, 2.24) is 0 Å². The Morgan fingerprint density at radius 3 is 2.00 bits per heavy atom. The maximum absolute atomic E-state index is 12.5. The zero-order chi connectivity index (χ0) is 13.1. The number of fused-ring (bicyclic) bond motifs is 5. The second-order valence-electron chi connectivity index (χ2n) is 5.35. The molecular weight excluding hydrogens is 242 g/mol. The van der Waals surface area contributed by atoms with Crippen molar-refractivity contribution in [2.75, 3.05) is 4.90 Å². The van der Waals surface area contributed by atoms with Crippen LogP contribution in [-0.2, 0) is 14.3 Å². The number of hydrogen-bond acceptors (Lipinski definition) is 3. The van der Waals surface area contributed by atoms with E-state index in [0.717, 1.165) is 5.56 Å². The van der Waals surface area contributed by atoms with Crippen LogP contribution >= 0.6 is 0 Å². The van der Waals surface area contributed by atoms with Gasteiger partial charge < -0.3 is 4.74 Å². The summed E-state index contributed by atoms with van der Waals surface area (Å²) in [5.74, 6) is -0.918. The molecule has 96 valence electrons. The highest BCUT2D eigenvalue weighted by Gasteiger charge is 2.60. The van der Waals surface area contributed by atoms with Gasteiger partial charge in [-0.25, -0.2) is 4.90 Å². The molecule has 0 aliphatic carbocycles. The zero-order valence-corrected chi connectivity index (χ0v) is 10.4. The number of hydrogen-bond donors (Lipinski definition) is 0. The number of carbonyl (C=O) groups excluding carboxylic acids is 2. The summed E-state index contributed by atoms with van der Waals surface area (Å²) in [7, 11) is 0. The van der Waals surface area contributed by atoms with E-state index in [2.05, 4.69) is 0 Å². The highest BCUT2D eigenvalue weighted by Crippen LogP contribution is 2.46. The SMILES string of the molecule is Cc1ccc(N2C(=O)[C@H]3[C@H](C2=O)[C@@H]2C=C[C@@H]3O2)cc1. The average Bonchev–Trinajstić information content (AvgIpc) is 3.06. The zero-order valence-electron chi connectivity index (χ0n) is 10.4. The summed E-state index contributed by atoms with van der Waals surface area (Å²) in [5, 5.41) is 0. The summed E-state index contributed by atoms with van der Waals surface area (Å²) in [6.07, 6.45) is 3.36. The Bertz CT molecular complexity index is 574. The number of amides is 2. The first-order valence-corrected chi connectivity index (χ1v) is 6.45. The molecule has 0 radical (unpaired) electrons. The van der Waals surface area contributed by atoms with Crippen molar-refractivity contribution in [2.45, 2.75) is 19.1 Å². The van der Waals surface area contributed by atoms with Gasteiger partial charge in [0.1, 0.15) is 0 Å². The van der Waals surface area contributed by atoms with Gasteiger partial charge in [-0.15, -0.1) is 0 Å². The van der Waals surface area contributed by atoms with Crippen molar-refractivity contribution in [3.63, 3.8) is 0 Å². The topological polar surface area (TPSA) is 46.6 Å². The molecule has 2 amide bonds. The van der Waals surface area contributed by atoms with Crippen molar-refractivity contribution < 1.29 is 14.3 Å². The summed E-state index contributed by atoms with van der Waals surface area (Å²) >= 11 is 0. The first-order valence-electron chi connectivity index (χ1n) is 6.45. The molecule has 4 rings (SSSR count). The summed E-state index contributed by atoms with van der Waals surface area (Å²) in [6, 6.07) is 7.46. The van der Waals surface area contributed by atoms with Gasteiger partial charge in [-0.05, 0) is 19.1 Å². The van der Waals surface area contributed by atoms with Crippen LogP contribution < -0.4 is 4.90 Å². The molecule has 2 saturated heterocycles. The third-order valence-electron chi connectivity index (χ3n) is 4.20. The van der Waals surface area contributed by atoms with E-state index in [4.69, 9.17) is 4.74 Å². The van der Waals surface area contributed by atoms with Crippen molar-refractivity contribution in [3.8, 4) is 0 Å². The summed E-state index contributed by atoms with van der Waals surface area (Å²) < 4.78 is 5.60. The minimum atomic E-state index is -0.330. The predicted octanol–water partition coefficient (Wildman–Crippen LogP) is 1.44. The molecule has 3 aliphatic heterocycles. The Kier molecular flexibility index (Phi) is 2.04. The normalized spacial score (nSPS) is 35.3. The van der Waals surface area contributed by atoms with Crippen LogP contribution in [0.4, 0.5) is 5.69 Å². The molecule has 0 aromatic heterocycles. The fourth-order valence-electron chi connectivity index (χ4n) is 3.25. The Labute approximate surface area is 110 Å². The molecule has 0 saturated carbocycles. The number of nitrogens with zero attached hydrogens (tertiary/aromatic N) is 1. The lowest BCUT2D eigenvalue weighted by Gasteiger charge is -2.17. The van der Waals surface area contributed by atoms with Gasteiger partial charge in [-0.1, -0.05) is 29.8 Å². The van der Waals surface area contributed by atoms with Gasteiger partial charge in [0.2, 0.25) is 11.8 Å². The number of anilines is 1. The van der Waals surface area contributed by atoms with Crippen LogP contribution in [-0.4, -0.2) is 24.0 Å². The number of ether oxygens (including phenoxy) is 1. The van der Waals surface area contributed by atoms with Gasteiger partial charge in [0.25, 0.3) is 0 Å². The first-order chi connectivity index (χ1) is 9.16. The van der Waals surface area contributed by atoms with Crippen molar-refractivity contribution in [2.24, 2.45) is 11.8 Å². The smallest absolute Gasteiger partial charge is 0.240 e. The van der Waals surface area contributed by atoms with Crippen molar-refractivity contribution in [3.05, 3.63) is 42.0 Å². The lowest BCUT2D eigenvalue weighted by Crippen LogP contribution is -2.34. The molecule has 1 aromatic rings. The van der Waals surface area contributed by atoms with Crippen LogP contribution in [0, 0.1) is 18.8 Å². The van der Waals surface area contributed by atoms with Crippen LogP contribution in [0.1, 0.15) is 5.56 Å². The largest absolute Gasteiger partial charge is 0.365 e. The van der Waals surface area contributed by atoms with E-state index >= 15 is 0 Å². The molecule has 1 aromatic carbocycles. The molecule has 4 heteroatoms. The highest BCUT2D eigenvalue weighted by molar-refractivity contribution is 6.23. The first kappa shape index (κ1) is 10.9. The fraction of sp³-hybridized carbons (Fsp3) is 0.333. The maximum Gasteiger partial charge on any atom is 0.240 e. The van der Waals surface area contributed by atoms with E-state index in [1.165, 1.54) is 4.90 Å². The Morgan fingerprint density at radius 1 is 0.947 bits per heavy atom. The Morgan fingerprint density at radius 2 is 1.47 bits per heavy atom. The summed E-state index contributed by atoms with van der Waals surface area (Å²) in [4.78, 5) is 26.3. The van der Waals surface area contributed by atoms with Gasteiger partial charge in [0.15, 0.2) is 0 Å². The van der Waals surface area contributed by atoms with Crippen LogP contribution in [0.3, 0.4) is 0 Å². The number of rotatable bonds is 1. The van der Waals surface area contributed by atoms with E-state index in [9.17, 15) is 9.59 Å². The van der Waals surface area contributed by atoms with E-state index in [1.54, 1.807) is 0 Å². The molecule has 4 nitrogen and oxygen atoms in total. The molecule has 0 N–H and O–H groups in total. The lowest BCUT2D eigenvalue weighted by molar-refractivity contribution is -0.124. The van der Waals surface area contributed by atoms with Gasteiger partial charge in [-0.2, -0.15) is 0 Å². The molecule has 3 heterocycles. The fourth-order valence-corrected chi connectivity index (χ4v) is 3.25. The quantitative estimate of drug-likeness (QED) is 0.563. The molecule has 3 aliphatic rings. The Hall–Kier alpha value is -1.94.